The first-order valence-electron chi connectivity index (χ1n) is 6.04. The van der Waals surface area contributed by atoms with Crippen LogP contribution in [-0.2, 0) is 15.7 Å². The number of amides is 1. The Morgan fingerprint density at radius 3 is 2.53 bits per heavy atom. The SMILES string of the molecule is CN1C(=O)C(C)(C)c2cc(C3(C)CN3)ccc21. The van der Waals surface area contributed by atoms with Crippen LogP contribution in [0.5, 0.6) is 0 Å². The lowest BCUT2D eigenvalue weighted by Crippen LogP contribution is -2.33. The van der Waals surface area contributed by atoms with Crippen LogP contribution >= 0.6 is 0 Å². The van der Waals surface area contributed by atoms with Gasteiger partial charge in [-0.3, -0.25) is 4.79 Å². The van der Waals surface area contributed by atoms with Crippen molar-refractivity contribution in [3.63, 3.8) is 0 Å². The summed E-state index contributed by atoms with van der Waals surface area (Å²) in [5.41, 5.74) is 3.21. The molecule has 1 atom stereocenters. The van der Waals surface area contributed by atoms with E-state index >= 15 is 0 Å². The predicted molar refractivity (Wildman–Crippen MR) is 68.2 cm³/mol. The highest BCUT2D eigenvalue weighted by Gasteiger charge is 2.45. The maximum atomic E-state index is 12.2. The fraction of sp³-hybridized carbons (Fsp3) is 0.500. The summed E-state index contributed by atoms with van der Waals surface area (Å²) in [4.78, 5) is 13.9. The third-order valence-corrected chi connectivity index (χ3v) is 4.21. The smallest absolute Gasteiger partial charge is 0.236 e. The van der Waals surface area contributed by atoms with E-state index in [1.807, 2.05) is 20.9 Å². The van der Waals surface area contributed by atoms with Crippen LogP contribution in [0.3, 0.4) is 0 Å². The molecule has 1 N–H and O–H groups in total. The quantitative estimate of drug-likeness (QED) is 0.747. The maximum Gasteiger partial charge on any atom is 0.236 e. The summed E-state index contributed by atoms with van der Waals surface area (Å²) in [6, 6.07) is 6.39. The third kappa shape index (κ3) is 1.29. The van der Waals surface area contributed by atoms with Gasteiger partial charge in [0, 0.05) is 19.3 Å². The van der Waals surface area contributed by atoms with Crippen LogP contribution in [0.4, 0.5) is 5.69 Å². The minimum absolute atomic E-state index is 0.120. The normalized spacial score (nSPS) is 29.4. The molecule has 1 saturated heterocycles. The van der Waals surface area contributed by atoms with Crippen molar-refractivity contribution in [3.8, 4) is 0 Å². The number of likely N-dealkylation sites (N-methyl/N-ethyl adjacent to an activating group) is 1. The molecule has 1 aromatic carbocycles. The molecule has 0 aliphatic carbocycles. The number of carbonyl (C=O) groups excluding carboxylic acids is 1. The van der Waals surface area contributed by atoms with Gasteiger partial charge in [0.05, 0.1) is 11.0 Å². The van der Waals surface area contributed by atoms with Gasteiger partial charge in [-0.1, -0.05) is 12.1 Å². The molecule has 0 radical (unpaired) electrons. The lowest BCUT2D eigenvalue weighted by molar-refractivity contribution is -0.121. The highest BCUT2D eigenvalue weighted by atomic mass is 16.2. The van der Waals surface area contributed by atoms with Crippen molar-refractivity contribution < 1.29 is 4.79 Å². The van der Waals surface area contributed by atoms with Crippen molar-refractivity contribution >= 4 is 11.6 Å². The van der Waals surface area contributed by atoms with E-state index in [1.165, 1.54) is 5.56 Å². The second kappa shape index (κ2) is 2.91. The molecule has 0 saturated carbocycles. The summed E-state index contributed by atoms with van der Waals surface area (Å²) in [5.74, 6) is 0.179. The Kier molecular flexibility index (Phi) is 1.84. The van der Waals surface area contributed by atoms with Gasteiger partial charge in [-0.2, -0.15) is 0 Å². The first-order valence-corrected chi connectivity index (χ1v) is 6.04. The lowest BCUT2D eigenvalue weighted by atomic mass is 9.84. The first kappa shape index (κ1) is 10.8. The summed E-state index contributed by atoms with van der Waals surface area (Å²) in [5, 5.41) is 3.37. The van der Waals surface area contributed by atoms with Crippen LogP contribution < -0.4 is 10.2 Å². The van der Waals surface area contributed by atoms with E-state index in [9.17, 15) is 4.79 Å². The Balaban J connectivity index is 2.16. The molecule has 3 rings (SSSR count). The van der Waals surface area contributed by atoms with Crippen molar-refractivity contribution in [3.05, 3.63) is 29.3 Å². The van der Waals surface area contributed by atoms with Gasteiger partial charge in [-0.15, -0.1) is 0 Å². The minimum atomic E-state index is -0.397. The van der Waals surface area contributed by atoms with Gasteiger partial charge in [0.15, 0.2) is 0 Å². The van der Waals surface area contributed by atoms with E-state index in [0.29, 0.717) is 0 Å². The van der Waals surface area contributed by atoms with Gasteiger partial charge < -0.3 is 10.2 Å². The Hall–Kier alpha value is -1.35. The number of anilines is 1. The van der Waals surface area contributed by atoms with Gasteiger partial charge in [0.25, 0.3) is 0 Å². The van der Waals surface area contributed by atoms with E-state index in [0.717, 1.165) is 17.8 Å². The molecule has 1 fully saturated rings. The number of fused-ring (bicyclic) bond motifs is 1. The summed E-state index contributed by atoms with van der Waals surface area (Å²) < 4.78 is 0. The van der Waals surface area contributed by atoms with Crippen molar-refractivity contribution in [2.75, 3.05) is 18.5 Å². The average Bonchev–Trinajstić information content (AvgIpc) is 3.02. The monoisotopic (exact) mass is 230 g/mol. The van der Waals surface area contributed by atoms with Crippen LogP contribution in [0.25, 0.3) is 0 Å². The molecular formula is C14H18N2O. The number of nitrogens with one attached hydrogen (secondary N) is 1. The van der Waals surface area contributed by atoms with E-state index < -0.39 is 5.41 Å². The minimum Gasteiger partial charge on any atom is -0.314 e. The highest BCUT2D eigenvalue weighted by Crippen LogP contribution is 2.43. The molecule has 1 aromatic rings. The average molecular weight is 230 g/mol. The van der Waals surface area contributed by atoms with E-state index in [-0.39, 0.29) is 11.4 Å². The van der Waals surface area contributed by atoms with Gasteiger partial charge in [-0.25, -0.2) is 0 Å². The topological polar surface area (TPSA) is 42.2 Å². The van der Waals surface area contributed by atoms with E-state index in [1.54, 1.807) is 4.90 Å². The number of hydrogen-bond acceptors (Lipinski definition) is 2. The molecule has 2 aliphatic heterocycles. The second-order valence-corrected chi connectivity index (χ2v) is 5.91. The zero-order valence-electron chi connectivity index (χ0n) is 10.8. The fourth-order valence-corrected chi connectivity index (χ4v) is 2.65. The number of rotatable bonds is 1. The van der Waals surface area contributed by atoms with Gasteiger partial charge in [0.1, 0.15) is 0 Å². The highest BCUT2D eigenvalue weighted by molar-refractivity contribution is 6.07. The first-order chi connectivity index (χ1) is 7.86. The zero-order valence-corrected chi connectivity index (χ0v) is 10.8. The second-order valence-electron chi connectivity index (χ2n) is 5.91. The molecule has 90 valence electrons. The number of carbonyl (C=O) groups is 1. The summed E-state index contributed by atoms with van der Waals surface area (Å²) >= 11 is 0. The van der Waals surface area contributed by atoms with Crippen LogP contribution in [0.2, 0.25) is 0 Å². The van der Waals surface area contributed by atoms with Crippen molar-refractivity contribution in [1.82, 2.24) is 5.32 Å². The molecule has 1 amide bonds. The number of hydrogen-bond donors (Lipinski definition) is 1. The molecule has 0 bridgehead atoms. The van der Waals surface area contributed by atoms with Crippen LogP contribution in [-0.4, -0.2) is 19.5 Å². The molecule has 3 heteroatoms. The standard InChI is InChI=1S/C14H18N2O/c1-13(2)10-7-9(14(3)8-15-14)5-6-11(10)16(4)12(13)17/h5-7,15H,8H2,1-4H3. The van der Waals surface area contributed by atoms with E-state index in [2.05, 4.69) is 30.4 Å². The number of nitrogens with zero attached hydrogens (tertiary/aromatic N) is 1. The molecule has 0 aromatic heterocycles. The molecule has 1 unspecified atom stereocenters. The molecule has 2 heterocycles. The fourth-order valence-electron chi connectivity index (χ4n) is 2.65. The Morgan fingerprint density at radius 1 is 1.29 bits per heavy atom. The van der Waals surface area contributed by atoms with Crippen LogP contribution in [0.15, 0.2) is 18.2 Å². The Bertz CT molecular complexity index is 515. The van der Waals surface area contributed by atoms with Gasteiger partial charge in [-0.05, 0) is 38.0 Å². The lowest BCUT2D eigenvalue weighted by Gasteiger charge is -2.17. The van der Waals surface area contributed by atoms with Gasteiger partial charge in [0.2, 0.25) is 5.91 Å². The largest absolute Gasteiger partial charge is 0.314 e. The molecule has 17 heavy (non-hydrogen) atoms. The molecule has 3 nitrogen and oxygen atoms in total. The number of benzene rings is 1. The Morgan fingerprint density at radius 2 is 1.94 bits per heavy atom. The third-order valence-electron chi connectivity index (χ3n) is 4.21. The van der Waals surface area contributed by atoms with Crippen molar-refractivity contribution in [1.29, 1.82) is 0 Å². The zero-order chi connectivity index (χ0) is 12.4. The molecular weight excluding hydrogens is 212 g/mol. The Labute approximate surface area is 102 Å². The summed E-state index contributed by atoms with van der Waals surface area (Å²) in [7, 11) is 1.85. The molecule has 2 aliphatic rings. The van der Waals surface area contributed by atoms with Gasteiger partial charge >= 0.3 is 0 Å². The van der Waals surface area contributed by atoms with Crippen LogP contribution in [0.1, 0.15) is 31.9 Å². The van der Waals surface area contributed by atoms with Crippen LogP contribution in [0, 0.1) is 0 Å². The molecule has 0 spiro atoms. The summed E-state index contributed by atoms with van der Waals surface area (Å²) in [6.07, 6.45) is 0. The predicted octanol–water partition coefficient (Wildman–Crippen LogP) is 1.76. The summed E-state index contributed by atoms with van der Waals surface area (Å²) in [6.45, 7) is 7.23. The maximum absolute atomic E-state index is 12.2. The van der Waals surface area contributed by atoms with Crippen molar-refractivity contribution in [2.45, 2.75) is 31.7 Å². The van der Waals surface area contributed by atoms with E-state index in [4.69, 9.17) is 0 Å². The van der Waals surface area contributed by atoms with Crippen molar-refractivity contribution in [2.24, 2.45) is 0 Å².